The molecule has 0 spiro atoms. The number of alkyl halides is 3. The number of anilines is 1. The molecule has 2 atom stereocenters. The number of halogens is 3. The number of nitrogens with one attached hydrogen (secondary N) is 1. The molecule has 1 aromatic carbocycles. The van der Waals surface area contributed by atoms with E-state index in [1.165, 1.54) is 0 Å². The number of hydrogen-bond acceptors (Lipinski definition) is 3. The number of Topliss-reactive ketones (excluding diaryl/α,β-unsaturated/α-hetero) is 1. The summed E-state index contributed by atoms with van der Waals surface area (Å²) in [6, 6.07) is 5.55. The predicted molar refractivity (Wildman–Crippen MR) is 87.5 cm³/mol. The molecule has 0 saturated carbocycles. The van der Waals surface area contributed by atoms with Gasteiger partial charge in [-0.05, 0) is 37.1 Å². The maximum atomic E-state index is 12.5. The molecular formula is C18H21F3N2O2. The molecule has 1 aromatic rings. The van der Waals surface area contributed by atoms with Gasteiger partial charge in [0.05, 0.1) is 11.6 Å². The molecule has 0 saturated heterocycles. The van der Waals surface area contributed by atoms with Gasteiger partial charge in [0, 0.05) is 11.6 Å². The van der Waals surface area contributed by atoms with Crippen LogP contribution in [0.15, 0.2) is 24.3 Å². The molecule has 7 heteroatoms. The summed E-state index contributed by atoms with van der Waals surface area (Å²) in [6.45, 7) is 3.80. The number of rotatable bonds is 8. The Hall–Kier alpha value is -2.36. The van der Waals surface area contributed by atoms with Crippen molar-refractivity contribution in [3.8, 4) is 6.07 Å². The van der Waals surface area contributed by atoms with E-state index in [0.29, 0.717) is 12.8 Å². The number of carbonyl (C=O) groups is 2. The Kier molecular flexibility index (Phi) is 7.62. The fourth-order valence-corrected chi connectivity index (χ4v) is 2.44. The molecule has 0 aromatic heterocycles. The van der Waals surface area contributed by atoms with Gasteiger partial charge in [-0.25, -0.2) is 0 Å². The van der Waals surface area contributed by atoms with Gasteiger partial charge in [0.2, 0.25) is 5.91 Å². The quantitative estimate of drug-likeness (QED) is 0.695. The summed E-state index contributed by atoms with van der Waals surface area (Å²) in [6.07, 6.45) is -1.61. The lowest BCUT2D eigenvalue weighted by molar-refractivity contribution is -0.137. The average molecular weight is 354 g/mol. The number of benzene rings is 1. The molecule has 1 amide bonds. The molecule has 0 fully saturated rings. The van der Waals surface area contributed by atoms with E-state index in [1.807, 2.05) is 13.8 Å². The van der Waals surface area contributed by atoms with E-state index in [9.17, 15) is 28.0 Å². The maximum absolute atomic E-state index is 12.5. The number of amides is 1. The van der Waals surface area contributed by atoms with Gasteiger partial charge in [0.15, 0.2) is 11.7 Å². The summed E-state index contributed by atoms with van der Waals surface area (Å²) < 4.78 is 37.6. The predicted octanol–water partition coefficient (Wildman–Crippen LogP) is 4.57. The molecule has 0 bridgehead atoms. The highest BCUT2D eigenvalue weighted by Gasteiger charge is 2.32. The summed E-state index contributed by atoms with van der Waals surface area (Å²) in [5.41, 5.74) is -0.739. The first-order valence-corrected chi connectivity index (χ1v) is 8.16. The third-order valence-corrected chi connectivity index (χ3v) is 3.96. The second-order valence-electron chi connectivity index (χ2n) is 5.78. The number of carbonyl (C=O) groups excluding carboxylic acids is 2. The Labute approximate surface area is 145 Å². The fourth-order valence-electron chi connectivity index (χ4n) is 2.44. The standard InChI is InChI=1S/C18H21F3N2O2/c1-3-5-6-12(4-2)16(24)15(11-22)17(25)23-14-9-7-13(8-10-14)18(19,20)21/h7-10,12,15H,3-6H2,1-2H3,(H,23,25). The van der Waals surface area contributed by atoms with E-state index >= 15 is 0 Å². The van der Waals surface area contributed by atoms with Crippen molar-refractivity contribution in [3.05, 3.63) is 29.8 Å². The molecule has 4 nitrogen and oxygen atoms in total. The lowest BCUT2D eigenvalue weighted by Crippen LogP contribution is -2.32. The third-order valence-electron chi connectivity index (χ3n) is 3.96. The molecule has 0 aliphatic rings. The topological polar surface area (TPSA) is 70.0 Å². The number of unbranched alkanes of at least 4 members (excludes halogenated alkanes) is 1. The summed E-state index contributed by atoms with van der Waals surface area (Å²) in [5.74, 6) is -3.10. The minimum atomic E-state index is -4.47. The van der Waals surface area contributed by atoms with E-state index in [-0.39, 0.29) is 11.6 Å². The van der Waals surface area contributed by atoms with Crippen LogP contribution in [0, 0.1) is 23.2 Å². The van der Waals surface area contributed by atoms with Crippen molar-refractivity contribution in [2.75, 3.05) is 5.32 Å². The van der Waals surface area contributed by atoms with Crippen LogP contribution in [0.25, 0.3) is 0 Å². The second kappa shape index (κ2) is 9.21. The highest BCUT2D eigenvalue weighted by atomic mass is 19.4. The van der Waals surface area contributed by atoms with Crippen molar-refractivity contribution in [1.82, 2.24) is 0 Å². The third kappa shape index (κ3) is 5.89. The zero-order chi connectivity index (χ0) is 19.0. The van der Waals surface area contributed by atoms with E-state index in [2.05, 4.69) is 5.32 Å². The number of ketones is 1. The van der Waals surface area contributed by atoms with Gasteiger partial charge in [0.25, 0.3) is 0 Å². The van der Waals surface area contributed by atoms with Crippen molar-refractivity contribution >= 4 is 17.4 Å². The maximum Gasteiger partial charge on any atom is 0.416 e. The van der Waals surface area contributed by atoms with Crippen LogP contribution < -0.4 is 5.32 Å². The fraction of sp³-hybridized carbons (Fsp3) is 0.500. The number of hydrogen-bond donors (Lipinski definition) is 1. The Morgan fingerprint density at radius 3 is 2.24 bits per heavy atom. The zero-order valence-corrected chi connectivity index (χ0v) is 14.2. The average Bonchev–Trinajstić information content (AvgIpc) is 2.56. The first-order valence-electron chi connectivity index (χ1n) is 8.16. The molecule has 0 aliphatic heterocycles. The molecule has 0 heterocycles. The minimum absolute atomic E-state index is 0.104. The van der Waals surface area contributed by atoms with Gasteiger partial charge < -0.3 is 5.32 Å². The molecule has 25 heavy (non-hydrogen) atoms. The molecule has 2 unspecified atom stereocenters. The Morgan fingerprint density at radius 1 is 1.20 bits per heavy atom. The van der Waals surface area contributed by atoms with Crippen LogP contribution >= 0.6 is 0 Å². The normalized spacial score (nSPS) is 13.6. The lowest BCUT2D eigenvalue weighted by Gasteiger charge is -2.17. The van der Waals surface area contributed by atoms with Gasteiger partial charge in [-0.15, -0.1) is 0 Å². The highest BCUT2D eigenvalue weighted by molar-refractivity contribution is 6.10. The monoisotopic (exact) mass is 354 g/mol. The zero-order valence-electron chi connectivity index (χ0n) is 14.2. The van der Waals surface area contributed by atoms with Gasteiger partial charge in [-0.2, -0.15) is 18.4 Å². The molecule has 0 aliphatic carbocycles. The van der Waals surface area contributed by atoms with E-state index < -0.39 is 29.3 Å². The van der Waals surface area contributed by atoms with Crippen LogP contribution in [-0.4, -0.2) is 11.7 Å². The second-order valence-corrected chi connectivity index (χ2v) is 5.78. The lowest BCUT2D eigenvalue weighted by atomic mass is 9.87. The molecular weight excluding hydrogens is 333 g/mol. The molecule has 1 rings (SSSR count). The van der Waals surface area contributed by atoms with Crippen LogP contribution in [0.3, 0.4) is 0 Å². The largest absolute Gasteiger partial charge is 0.416 e. The minimum Gasteiger partial charge on any atom is -0.325 e. The highest BCUT2D eigenvalue weighted by Crippen LogP contribution is 2.30. The van der Waals surface area contributed by atoms with Crippen molar-refractivity contribution in [2.24, 2.45) is 11.8 Å². The van der Waals surface area contributed by atoms with E-state index in [0.717, 1.165) is 37.1 Å². The van der Waals surface area contributed by atoms with Crippen LogP contribution in [0.5, 0.6) is 0 Å². The molecule has 1 N–H and O–H groups in total. The van der Waals surface area contributed by atoms with Gasteiger partial charge in [-0.1, -0.05) is 26.7 Å². The Morgan fingerprint density at radius 2 is 1.80 bits per heavy atom. The van der Waals surface area contributed by atoms with Crippen molar-refractivity contribution in [1.29, 1.82) is 5.26 Å². The first kappa shape index (κ1) is 20.7. The van der Waals surface area contributed by atoms with Crippen LogP contribution in [0.1, 0.15) is 45.1 Å². The summed E-state index contributed by atoms with van der Waals surface area (Å²) in [5, 5.41) is 11.5. The van der Waals surface area contributed by atoms with E-state index in [4.69, 9.17) is 0 Å². The number of nitriles is 1. The number of nitrogens with zero attached hydrogens (tertiary/aromatic N) is 1. The Bertz CT molecular complexity index is 633. The van der Waals surface area contributed by atoms with Crippen LogP contribution in [-0.2, 0) is 15.8 Å². The molecule has 136 valence electrons. The van der Waals surface area contributed by atoms with Crippen molar-refractivity contribution in [3.63, 3.8) is 0 Å². The Balaban J connectivity index is 2.82. The molecule has 0 radical (unpaired) electrons. The summed E-state index contributed by atoms with van der Waals surface area (Å²) in [4.78, 5) is 24.6. The van der Waals surface area contributed by atoms with Gasteiger partial charge in [0.1, 0.15) is 0 Å². The van der Waals surface area contributed by atoms with Crippen LogP contribution in [0.2, 0.25) is 0 Å². The van der Waals surface area contributed by atoms with Gasteiger partial charge >= 0.3 is 6.18 Å². The van der Waals surface area contributed by atoms with Crippen molar-refractivity contribution < 1.29 is 22.8 Å². The first-order chi connectivity index (χ1) is 11.7. The SMILES string of the molecule is CCCCC(CC)C(=O)C(C#N)C(=O)Nc1ccc(C(F)(F)F)cc1. The van der Waals surface area contributed by atoms with Crippen LogP contribution in [0.4, 0.5) is 18.9 Å². The summed E-state index contributed by atoms with van der Waals surface area (Å²) >= 11 is 0. The van der Waals surface area contributed by atoms with Crippen molar-refractivity contribution in [2.45, 2.75) is 45.7 Å². The van der Waals surface area contributed by atoms with Gasteiger partial charge in [-0.3, -0.25) is 9.59 Å². The summed E-state index contributed by atoms with van der Waals surface area (Å²) in [7, 11) is 0. The smallest absolute Gasteiger partial charge is 0.325 e. The van der Waals surface area contributed by atoms with E-state index in [1.54, 1.807) is 6.07 Å².